The van der Waals surface area contributed by atoms with Crippen molar-refractivity contribution >= 4 is 40.8 Å². The van der Waals surface area contributed by atoms with Gasteiger partial charge in [-0.15, -0.1) is 0 Å². The number of para-hydroxylation sites is 1. The fraction of sp³-hybridized carbons (Fsp3) is 0.211. The van der Waals surface area contributed by atoms with Crippen molar-refractivity contribution in [2.75, 3.05) is 30.9 Å². The van der Waals surface area contributed by atoms with E-state index in [0.29, 0.717) is 35.0 Å². The van der Waals surface area contributed by atoms with Crippen LogP contribution in [-0.4, -0.2) is 43.0 Å². The third-order valence-electron chi connectivity index (χ3n) is 4.08. The van der Waals surface area contributed by atoms with Crippen LogP contribution in [0.4, 0.5) is 16.2 Å². The molecule has 0 unspecified atom stereocenters. The monoisotopic (exact) mass is 387 g/mol. The van der Waals surface area contributed by atoms with Gasteiger partial charge in [0, 0.05) is 25.9 Å². The molecule has 0 aromatic heterocycles. The second-order valence-electron chi connectivity index (χ2n) is 5.93. The fourth-order valence-electron chi connectivity index (χ4n) is 2.79. The molecule has 27 heavy (non-hydrogen) atoms. The number of nitrogens with one attached hydrogen (secondary N) is 2. The number of fused-ring (bicyclic) bond motifs is 1. The Bertz CT molecular complexity index is 900. The van der Waals surface area contributed by atoms with E-state index >= 15 is 0 Å². The van der Waals surface area contributed by atoms with E-state index in [9.17, 15) is 14.4 Å². The zero-order valence-electron chi connectivity index (χ0n) is 14.6. The lowest BCUT2D eigenvalue weighted by Gasteiger charge is -2.12. The molecular formula is C19H18ClN3O4. The number of hydrogen-bond acceptors (Lipinski definition) is 4. The lowest BCUT2D eigenvalue weighted by Crippen LogP contribution is -2.31. The summed E-state index contributed by atoms with van der Waals surface area (Å²) in [5, 5.41) is 5.68. The highest BCUT2D eigenvalue weighted by Gasteiger charge is 2.35. The number of anilines is 2. The number of halogens is 1. The van der Waals surface area contributed by atoms with Crippen molar-refractivity contribution in [1.82, 2.24) is 4.90 Å². The summed E-state index contributed by atoms with van der Waals surface area (Å²) in [7, 11) is 1.56. The average molecular weight is 388 g/mol. The van der Waals surface area contributed by atoms with Crippen LogP contribution < -0.4 is 10.6 Å². The number of hydrogen-bond donors (Lipinski definition) is 2. The van der Waals surface area contributed by atoms with Crippen LogP contribution in [0.15, 0.2) is 42.5 Å². The Kier molecular flexibility index (Phi) is 5.73. The van der Waals surface area contributed by atoms with Gasteiger partial charge in [0.05, 0.1) is 21.8 Å². The van der Waals surface area contributed by atoms with E-state index in [1.54, 1.807) is 37.4 Å². The number of rotatable bonds is 6. The molecule has 2 aromatic carbocycles. The fourth-order valence-corrected chi connectivity index (χ4v) is 2.97. The van der Waals surface area contributed by atoms with Gasteiger partial charge in [0.25, 0.3) is 11.8 Å². The van der Waals surface area contributed by atoms with Crippen LogP contribution in [0.3, 0.4) is 0 Å². The molecule has 7 nitrogen and oxygen atoms in total. The Morgan fingerprint density at radius 1 is 1.07 bits per heavy atom. The highest BCUT2D eigenvalue weighted by molar-refractivity contribution is 6.33. The minimum atomic E-state index is -0.503. The first-order chi connectivity index (χ1) is 13.0. The minimum absolute atomic E-state index is 0.271. The third-order valence-corrected chi connectivity index (χ3v) is 4.41. The molecule has 0 saturated heterocycles. The van der Waals surface area contributed by atoms with E-state index in [2.05, 4.69) is 10.6 Å². The Morgan fingerprint density at radius 3 is 2.56 bits per heavy atom. The first-order valence-electron chi connectivity index (χ1n) is 8.33. The molecule has 1 aliphatic heterocycles. The predicted molar refractivity (Wildman–Crippen MR) is 102 cm³/mol. The second kappa shape index (κ2) is 8.20. The maximum Gasteiger partial charge on any atom is 0.323 e. The number of benzene rings is 2. The summed E-state index contributed by atoms with van der Waals surface area (Å²) in [6.45, 7) is 0.748. The SMILES string of the molecule is COCCCN1C(=O)c2ccc(NC(=O)Nc3ccccc3Cl)cc2C1=O. The first-order valence-corrected chi connectivity index (χ1v) is 8.71. The van der Waals surface area contributed by atoms with Gasteiger partial charge >= 0.3 is 6.03 Å². The number of imide groups is 1. The molecule has 140 valence electrons. The molecule has 0 atom stereocenters. The van der Waals surface area contributed by atoms with E-state index < -0.39 is 6.03 Å². The molecule has 2 N–H and O–H groups in total. The normalized spacial score (nSPS) is 12.9. The summed E-state index contributed by atoms with van der Waals surface area (Å²) >= 11 is 6.01. The van der Waals surface area contributed by atoms with Gasteiger partial charge in [-0.1, -0.05) is 23.7 Å². The average Bonchev–Trinajstić information content (AvgIpc) is 2.88. The molecule has 0 spiro atoms. The Labute approximate surface area is 161 Å². The van der Waals surface area contributed by atoms with Gasteiger partial charge in [-0.3, -0.25) is 14.5 Å². The van der Waals surface area contributed by atoms with Crippen LogP contribution in [0.25, 0.3) is 0 Å². The maximum atomic E-state index is 12.5. The quantitative estimate of drug-likeness (QED) is 0.585. The first kappa shape index (κ1) is 18.9. The van der Waals surface area contributed by atoms with E-state index in [1.165, 1.54) is 17.0 Å². The smallest absolute Gasteiger partial charge is 0.323 e. The molecule has 3 rings (SSSR count). The number of methoxy groups -OCH3 is 1. The molecule has 0 bridgehead atoms. The molecular weight excluding hydrogens is 370 g/mol. The van der Waals surface area contributed by atoms with Crippen molar-refractivity contribution < 1.29 is 19.1 Å². The molecule has 1 heterocycles. The summed E-state index contributed by atoms with van der Waals surface area (Å²) in [6, 6.07) is 11.0. The number of amides is 4. The molecule has 0 saturated carbocycles. The van der Waals surface area contributed by atoms with Gasteiger partial charge in [-0.25, -0.2) is 4.79 Å². The van der Waals surface area contributed by atoms with Gasteiger partial charge in [0.1, 0.15) is 0 Å². The number of carbonyl (C=O) groups is 3. The standard InChI is InChI=1S/C19H18ClN3O4/c1-27-10-4-9-23-17(24)13-8-7-12(11-14(13)18(23)25)21-19(26)22-16-6-3-2-5-15(16)20/h2-3,5-8,11H,4,9-10H2,1H3,(H2,21,22,26). The van der Waals surface area contributed by atoms with Crippen molar-refractivity contribution in [3.05, 3.63) is 58.6 Å². The second-order valence-corrected chi connectivity index (χ2v) is 6.33. The molecule has 1 aliphatic rings. The lowest BCUT2D eigenvalue weighted by atomic mass is 10.1. The molecule has 0 aliphatic carbocycles. The van der Waals surface area contributed by atoms with E-state index in [0.717, 1.165) is 0 Å². The zero-order chi connectivity index (χ0) is 19.4. The number of ether oxygens (including phenoxy) is 1. The van der Waals surface area contributed by atoms with Crippen LogP contribution in [0.5, 0.6) is 0 Å². The number of nitrogens with zero attached hydrogens (tertiary/aromatic N) is 1. The van der Waals surface area contributed by atoms with Crippen LogP contribution in [-0.2, 0) is 4.74 Å². The largest absolute Gasteiger partial charge is 0.385 e. The van der Waals surface area contributed by atoms with Crippen molar-refractivity contribution in [2.24, 2.45) is 0 Å². The summed E-state index contributed by atoms with van der Waals surface area (Å²) in [5.41, 5.74) is 1.47. The van der Waals surface area contributed by atoms with Crippen LogP contribution in [0.2, 0.25) is 5.02 Å². The summed E-state index contributed by atoms with van der Waals surface area (Å²) < 4.78 is 4.96. The van der Waals surface area contributed by atoms with Gasteiger partial charge in [-0.2, -0.15) is 0 Å². The van der Waals surface area contributed by atoms with Gasteiger partial charge in [0.2, 0.25) is 0 Å². The molecule has 0 fully saturated rings. The topological polar surface area (TPSA) is 87.7 Å². The molecule has 4 amide bonds. The maximum absolute atomic E-state index is 12.5. The highest BCUT2D eigenvalue weighted by Crippen LogP contribution is 2.26. The Morgan fingerprint density at radius 2 is 1.81 bits per heavy atom. The summed E-state index contributed by atoms with van der Waals surface area (Å²) in [6.07, 6.45) is 0.563. The predicted octanol–water partition coefficient (Wildman–Crippen LogP) is 3.62. The molecule has 8 heteroatoms. The summed E-state index contributed by atoms with van der Waals surface area (Å²) in [4.78, 5) is 38.2. The molecule has 0 radical (unpaired) electrons. The third kappa shape index (κ3) is 4.10. The number of carbonyl (C=O) groups excluding carboxylic acids is 3. The van der Waals surface area contributed by atoms with Crippen molar-refractivity contribution in [1.29, 1.82) is 0 Å². The van der Waals surface area contributed by atoms with Gasteiger partial charge < -0.3 is 15.4 Å². The Hall–Kier alpha value is -2.90. The van der Waals surface area contributed by atoms with Crippen LogP contribution in [0.1, 0.15) is 27.1 Å². The van der Waals surface area contributed by atoms with Crippen LogP contribution >= 0.6 is 11.6 Å². The van der Waals surface area contributed by atoms with E-state index in [-0.39, 0.29) is 23.9 Å². The Balaban J connectivity index is 1.70. The van der Waals surface area contributed by atoms with E-state index in [4.69, 9.17) is 16.3 Å². The lowest BCUT2D eigenvalue weighted by molar-refractivity contribution is 0.0638. The van der Waals surface area contributed by atoms with E-state index in [1.807, 2.05) is 0 Å². The molecule has 2 aromatic rings. The van der Waals surface area contributed by atoms with Gasteiger partial charge in [-0.05, 0) is 36.8 Å². The zero-order valence-corrected chi connectivity index (χ0v) is 15.4. The van der Waals surface area contributed by atoms with Crippen molar-refractivity contribution in [2.45, 2.75) is 6.42 Å². The highest BCUT2D eigenvalue weighted by atomic mass is 35.5. The minimum Gasteiger partial charge on any atom is -0.385 e. The van der Waals surface area contributed by atoms with Crippen molar-refractivity contribution in [3.8, 4) is 0 Å². The van der Waals surface area contributed by atoms with Gasteiger partial charge in [0.15, 0.2) is 0 Å². The van der Waals surface area contributed by atoms with Crippen LogP contribution in [0, 0.1) is 0 Å². The summed E-state index contributed by atoms with van der Waals surface area (Å²) in [5.74, 6) is -0.709. The van der Waals surface area contributed by atoms with Crippen molar-refractivity contribution in [3.63, 3.8) is 0 Å². The number of urea groups is 1.